The topological polar surface area (TPSA) is 83.5 Å². The lowest BCUT2D eigenvalue weighted by molar-refractivity contribution is -0.130. The maximum Gasteiger partial charge on any atom is 0.155 e. The number of carbonyl (C=O) groups is 3. The van der Waals surface area contributed by atoms with Crippen LogP contribution in [0.2, 0.25) is 0 Å². The molecule has 3 saturated carbocycles. The Bertz CT molecular complexity index is 1060. The van der Waals surface area contributed by atoms with Gasteiger partial charge in [-0.3, -0.25) is 25.1 Å². The quantitative estimate of drug-likeness (QED) is 0.354. The Morgan fingerprint density at radius 1 is 1.14 bits per heavy atom. The molecule has 2 N–H and O–H groups in total. The van der Waals surface area contributed by atoms with E-state index in [0.717, 1.165) is 76.1 Å². The van der Waals surface area contributed by atoms with Crippen molar-refractivity contribution in [1.82, 2.24) is 0 Å². The number of anilines is 1. The second-order valence-corrected chi connectivity index (χ2v) is 12.0. The smallest absolute Gasteiger partial charge is 0.155 e. The number of ketones is 2. The fraction of sp³-hybridized carbons (Fsp3) is 0.633. The first-order valence-corrected chi connectivity index (χ1v) is 13.5. The Labute approximate surface area is 208 Å². The molecule has 0 saturated heterocycles. The molecule has 1 aromatic rings. The Balaban J connectivity index is 1.38. The highest BCUT2D eigenvalue weighted by molar-refractivity contribution is 5.91. The van der Waals surface area contributed by atoms with Crippen molar-refractivity contribution in [3.8, 4) is 0 Å². The van der Waals surface area contributed by atoms with Crippen LogP contribution in [0.25, 0.3) is 0 Å². The molecule has 5 heteroatoms. The molecule has 35 heavy (non-hydrogen) atoms. The predicted molar refractivity (Wildman–Crippen MR) is 135 cm³/mol. The Morgan fingerprint density at radius 2 is 1.97 bits per heavy atom. The second-order valence-electron chi connectivity index (χ2n) is 12.0. The second kappa shape index (κ2) is 9.31. The summed E-state index contributed by atoms with van der Waals surface area (Å²) in [5, 5.41) is 9.16. The zero-order valence-electron chi connectivity index (χ0n) is 21.1. The van der Waals surface area contributed by atoms with Crippen LogP contribution in [0.1, 0.15) is 94.0 Å². The van der Waals surface area contributed by atoms with Crippen molar-refractivity contribution in [3.63, 3.8) is 0 Å². The van der Waals surface area contributed by atoms with Crippen molar-refractivity contribution in [2.45, 2.75) is 84.5 Å². The molecule has 3 fully saturated rings. The molecule has 5 nitrogen and oxygen atoms in total. The van der Waals surface area contributed by atoms with Gasteiger partial charge in [-0.2, -0.15) is 0 Å². The molecule has 4 aliphatic rings. The van der Waals surface area contributed by atoms with Gasteiger partial charge in [-0.1, -0.05) is 18.6 Å². The van der Waals surface area contributed by atoms with Crippen LogP contribution in [0.15, 0.2) is 29.8 Å². The highest BCUT2D eigenvalue weighted by atomic mass is 16.5. The maximum atomic E-state index is 12.9. The third-order valence-electron chi connectivity index (χ3n) is 10.7. The van der Waals surface area contributed by atoms with Crippen LogP contribution in [0.3, 0.4) is 0 Å². The minimum atomic E-state index is 0.0724. The number of hydrogen-bond donors (Lipinski definition) is 2. The summed E-state index contributed by atoms with van der Waals surface area (Å²) in [4.78, 5) is 36.6. The summed E-state index contributed by atoms with van der Waals surface area (Å²) >= 11 is 0. The first-order valence-electron chi connectivity index (χ1n) is 13.5. The number of hydrogen-bond acceptors (Lipinski definition) is 5. The summed E-state index contributed by atoms with van der Waals surface area (Å²) in [5.74, 6) is 2.65. The van der Waals surface area contributed by atoms with E-state index in [1.807, 2.05) is 12.1 Å². The summed E-state index contributed by atoms with van der Waals surface area (Å²) in [6.45, 7) is 4.21. The van der Waals surface area contributed by atoms with Gasteiger partial charge < -0.3 is 0 Å². The molecule has 0 amide bonds. The fourth-order valence-corrected chi connectivity index (χ4v) is 9.07. The number of benzene rings is 1. The molecule has 188 valence electrons. The molecule has 0 aliphatic heterocycles. The number of aryl methyl sites for hydroxylation is 1. The molecule has 6 atom stereocenters. The van der Waals surface area contributed by atoms with E-state index in [-0.39, 0.29) is 16.7 Å². The van der Waals surface area contributed by atoms with E-state index in [0.29, 0.717) is 47.0 Å². The van der Waals surface area contributed by atoms with Gasteiger partial charge in [0.1, 0.15) is 12.1 Å². The number of fused-ring (bicyclic) bond motifs is 5. The molecule has 0 aromatic heterocycles. The van der Waals surface area contributed by atoms with E-state index in [4.69, 9.17) is 5.21 Å². The van der Waals surface area contributed by atoms with E-state index < -0.39 is 0 Å². The normalized spacial score (nSPS) is 36.0. The molecular formula is C30H39NO4. The maximum absolute atomic E-state index is 12.9. The van der Waals surface area contributed by atoms with E-state index in [9.17, 15) is 14.4 Å². The van der Waals surface area contributed by atoms with Crippen LogP contribution < -0.4 is 5.48 Å². The summed E-state index contributed by atoms with van der Waals surface area (Å²) in [6.07, 6.45) is 13.9. The number of allylic oxidation sites excluding steroid dienone is 1. The van der Waals surface area contributed by atoms with Gasteiger partial charge >= 0.3 is 0 Å². The average molecular weight is 478 g/mol. The lowest BCUT2D eigenvalue weighted by Gasteiger charge is -2.59. The number of nitrogens with one attached hydrogen (secondary N) is 1. The number of Topliss-reactive ketones (excluding diaryl/α,β-unsaturated/α-hetero) is 1. The molecular weight excluding hydrogens is 438 g/mol. The lowest BCUT2D eigenvalue weighted by atomic mass is 9.45. The standard InChI is InChI=1S/C30H39NO4/c1-19(33)26-9-10-28-25-8-6-22-17-24(34)11-14-29(22,2)27(25)12-15-30(26,28)13-3-4-20-5-7-23(31-35)16-21(20)18-32/h5,7,16-18,25-28,31,35H,3-4,6,8-15H2,1-2H3/t25-,26-,27-,28+,29-,30-/m1/s1. The van der Waals surface area contributed by atoms with Gasteiger partial charge in [0.2, 0.25) is 0 Å². The highest BCUT2D eigenvalue weighted by Crippen LogP contribution is 2.68. The van der Waals surface area contributed by atoms with Crippen molar-refractivity contribution >= 4 is 23.5 Å². The molecule has 0 unspecified atom stereocenters. The first kappa shape index (κ1) is 24.4. The summed E-state index contributed by atoms with van der Waals surface area (Å²) in [6, 6.07) is 5.41. The first-order chi connectivity index (χ1) is 16.8. The largest absolute Gasteiger partial charge is 0.300 e. The van der Waals surface area contributed by atoms with Crippen molar-refractivity contribution in [3.05, 3.63) is 41.0 Å². The summed E-state index contributed by atoms with van der Waals surface area (Å²) < 4.78 is 0. The Morgan fingerprint density at radius 3 is 2.71 bits per heavy atom. The van der Waals surface area contributed by atoms with E-state index in [2.05, 4.69) is 12.4 Å². The van der Waals surface area contributed by atoms with E-state index in [1.54, 1.807) is 19.1 Å². The van der Waals surface area contributed by atoms with E-state index in [1.165, 1.54) is 5.57 Å². The highest BCUT2D eigenvalue weighted by Gasteiger charge is 2.61. The zero-order chi connectivity index (χ0) is 24.8. The van der Waals surface area contributed by atoms with Crippen molar-refractivity contribution in [2.24, 2.45) is 34.5 Å². The van der Waals surface area contributed by atoms with Crippen LogP contribution in [-0.4, -0.2) is 23.1 Å². The zero-order valence-corrected chi connectivity index (χ0v) is 21.1. The molecule has 0 heterocycles. The lowest BCUT2D eigenvalue weighted by Crippen LogP contribution is -2.52. The Hall–Kier alpha value is -2.27. The van der Waals surface area contributed by atoms with Crippen LogP contribution >= 0.6 is 0 Å². The summed E-state index contributed by atoms with van der Waals surface area (Å²) in [7, 11) is 0. The minimum Gasteiger partial charge on any atom is -0.300 e. The van der Waals surface area contributed by atoms with Crippen molar-refractivity contribution < 1.29 is 19.6 Å². The molecule has 0 radical (unpaired) electrons. The molecule has 0 bridgehead atoms. The molecule has 4 aliphatic carbocycles. The fourth-order valence-electron chi connectivity index (χ4n) is 9.07. The summed E-state index contributed by atoms with van der Waals surface area (Å²) in [5.41, 5.74) is 5.87. The van der Waals surface area contributed by atoms with Crippen molar-refractivity contribution in [2.75, 3.05) is 5.48 Å². The third kappa shape index (κ3) is 4.00. The van der Waals surface area contributed by atoms with Crippen LogP contribution in [0.4, 0.5) is 5.69 Å². The van der Waals surface area contributed by atoms with Gasteiger partial charge in [0.15, 0.2) is 5.78 Å². The van der Waals surface area contributed by atoms with Crippen molar-refractivity contribution in [1.29, 1.82) is 0 Å². The third-order valence-corrected chi connectivity index (χ3v) is 10.7. The number of aldehydes is 1. The SMILES string of the molecule is CC(=O)[C@H]1CC[C@H]2[C@@H]3CCC4=CC(=O)CC[C@@]4(C)[C@@H]3CC[C@]12CCCc1ccc(NO)cc1C=O. The van der Waals surface area contributed by atoms with Gasteiger partial charge in [-0.15, -0.1) is 0 Å². The monoisotopic (exact) mass is 477 g/mol. The van der Waals surface area contributed by atoms with Gasteiger partial charge in [0.05, 0.1) is 5.69 Å². The van der Waals surface area contributed by atoms with Gasteiger partial charge in [-0.25, -0.2) is 0 Å². The van der Waals surface area contributed by atoms with Gasteiger partial charge in [0.25, 0.3) is 0 Å². The Kier molecular flexibility index (Phi) is 6.50. The van der Waals surface area contributed by atoms with Crippen LogP contribution in [-0.2, 0) is 16.0 Å². The van der Waals surface area contributed by atoms with Crippen LogP contribution in [0.5, 0.6) is 0 Å². The molecule has 1 aromatic carbocycles. The van der Waals surface area contributed by atoms with Gasteiger partial charge in [0, 0.05) is 17.9 Å². The molecule has 0 spiro atoms. The predicted octanol–water partition coefficient (Wildman–Crippen LogP) is 6.34. The van der Waals surface area contributed by atoms with Gasteiger partial charge in [-0.05, 0) is 123 Å². The average Bonchev–Trinajstić information content (AvgIpc) is 3.24. The minimum absolute atomic E-state index is 0.0724. The van der Waals surface area contributed by atoms with E-state index >= 15 is 0 Å². The molecule has 5 rings (SSSR count). The number of carbonyl (C=O) groups excluding carboxylic acids is 3. The number of rotatable bonds is 7. The van der Waals surface area contributed by atoms with Crippen LogP contribution in [0, 0.1) is 34.5 Å².